The van der Waals surface area contributed by atoms with Gasteiger partial charge in [-0.25, -0.2) is 0 Å². The molecule has 0 aromatic heterocycles. The maximum absolute atomic E-state index is 13.5. The lowest BCUT2D eigenvalue weighted by atomic mass is 9.93. The lowest BCUT2D eigenvalue weighted by molar-refractivity contribution is -0.139. The third-order valence-corrected chi connectivity index (χ3v) is 4.90. The lowest BCUT2D eigenvalue weighted by Gasteiger charge is -2.24. The van der Waals surface area contributed by atoms with Crippen LogP contribution in [-0.2, 0) is 19.0 Å². The van der Waals surface area contributed by atoms with Gasteiger partial charge in [0.1, 0.15) is 5.75 Å². The molecule has 2 aromatic carbocycles. The summed E-state index contributed by atoms with van der Waals surface area (Å²) in [6.07, 6.45) is -3.90. The highest BCUT2D eigenvalue weighted by Gasteiger charge is 2.35. The Hall–Kier alpha value is -2.13. The van der Waals surface area contributed by atoms with Gasteiger partial charge in [0.2, 0.25) is 0 Å². The Morgan fingerprint density at radius 3 is 2.10 bits per heavy atom. The number of carbonyl (C=O) groups excluding carboxylic acids is 1. The van der Waals surface area contributed by atoms with Crippen LogP contribution in [0.3, 0.4) is 0 Å². The van der Waals surface area contributed by atoms with Crippen LogP contribution >= 0.6 is 12.4 Å². The molecule has 0 heterocycles. The number of alkyl halides is 3. The van der Waals surface area contributed by atoms with E-state index < -0.39 is 30.5 Å². The van der Waals surface area contributed by atoms with Gasteiger partial charge in [-0.2, -0.15) is 13.2 Å². The quantitative estimate of drug-likeness (QED) is 0.470. The second kappa shape index (κ2) is 11.5. The van der Waals surface area contributed by atoms with Gasteiger partial charge >= 0.3 is 6.18 Å². The monoisotopic (exact) mass is 461 g/mol. The highest BCUT2D eigenvalue weighted by molar-refractivity contribution is 5.94. The molecule has 0 saturated heterocycles. The fourth-order valence-electron chi connectivity index (χ4n) is 2.87. The van der Waals surface area contributed by atoms with Crippen molar-refractivity contribution < 1.29 is 32.9 Å². The van der Waals surface area contributed by atoms with E-state index in [-0.39, 0.29) is 43.4 Å². The van der Waals surface area contributed by atoms with Crippen LogP contribution in [0.15, 0.2) is 42.5 Å². The van der Waals surface area contributed by atoms with Crippen LogP contribution < -0.4 is 10.5 Å². The molecule has 0 fully saturated rings. The normalized spacial score (nSPS) is 11.7. The first-order valence-electron chi connectivity index (χ1n) is 9.51. The molecule has 4 N–H and O–H groups in total. The number of aryl methyl sites for hydroxylation is 1. The second-order valence-corrected chi connectivity index (χ2v) is 7.36. The van der Waals surface area contributed by atoms with Crippen molar-refractivity contribution in [2.45, 2.75) is 37.9 Å². The Balaban J connectivity index is 0.00000480. The predicted molar refractivity (Wildman–Crippen MR) is 114 cm³/mol. The van der Waals surface area contributed by atoms with Crippen LogP contribution in [0.1, 0.15) is 40.4 Å². The molecule has 5 nitrogen and oxygen atoms in total. The van der Waals surface area contributed by atoms with Crippen LogP contribution in [0, 0.1) is 0 Å². The number of ketones is 1. The minimum absolute atomic E-state index is 0. The molecule has 0 aliphatic carbocycles. The Morgan fingerprint density at radius 1 is 1.00 bits per heavy atom. The van der Waals surface area contributed by atoms with Gasteiger partial charge in [-0.3, -0.25) is 4.79 Å². The number of benzene rings is 2. The van der Waals surface area contributed by atoms with Crippen molar-refractivity contribution in [1.82, 2.24) is 0 Å². The summed E-state index contributed by atoms with van der Waals surface area (Å²) in [6, 6.07) is 10.6. The number of ether oxygens (including phenoxy) is 1. The Morgan fingerprint density at radius 2 is 1.58 bits per heavy atom. The van der Waals surface area contributed by atoms with Gasteiger partial charge in [-0.05, 0) is 43.0 Å². The minimum Gasteiger partial charge on any atom is -0.493 e. The summed E-state index contributed by atoms with van der Waals surface area (Å²) in [5.74, 6) is -0.326. The number of carbonyl (C=O) groups is 1. The third kappa shape index (κ3) is 7.81. The summed E-state index contributed by atoms with van der Waals surface area (Å²) in [7, 11) is 0. The first kappa shape index (κ1) is 26.9. The number of nitrogens with two attached hydrogens (primary N) is 1. The number of rotatable bonds is 10. The van der Waals surface area contributed by atoms with E-state index in [4.69, 9.17) is 10.5 Å². The van der Waals surface area contributed by atoms with E-state index in [9.17, 15) is 28.2 Å². The first-order valence-corrected chi connectivity index (χ1v) is 9.51. The van der Waals surface area contributed by atoms with Gasteiger partial charge in [0.25, 0.3) is 0 Å². The van der Waals surface area contributed by atoms with Crippen LogP contribution in [-0.4, -0.2) is 41.4 Å². The van der Waals surface area contributed by atoms with E-state index in [1.54, 1.807) is 24.3 Å². The molecular formula is C22H27ClF3NO4. The van der Waals surface area contributed by atoms with E-state index >= 15 is 0 Å². The molecule has 2 aromatic rings. The molecule has 9 heteroatoms. The number of hydrogen-bond donors (Lipinski definition) is 3. The summed E-state index contributed by atoms with van der Waals surface area (Å²) < 4.78 is 45.9. The number of aliphatic hydroxyl groups is 2. The number of Topliss-reactive ketones (excluding diaryl/α,β-unsaturated/α-hetero) is 1. The topological polar surface area (TPSA) is 92.8 Å². The van der Waals surface area contributed by atoms with E-state index in [1.165, 1.54) is 19.1 Å². The molecule has 0 atom stereocenters. The molecule has 0 aliphatic heterocycles. The Labute approximate surface area is 185 Å². The number of halogens is 4. The minimum atomic E-state index is -4.60. The molecule has 0 unspecified atom stereocenters. The third-order valence-electron chi connectivity index (χ3n) is 4.90. The molecule has 0 bridgehead atoms. The molecule has 0 spiro atoms. The molecule has 31 heavy (non-hydrogen) atoms. The van der Waals surface area contributed by atoms with E-state index in [2.05, 4.69) is 0 Å². The van der Waals surface area contributed by atoms with Gasteiger partial charge in [-0.15, -0.1) is 12.4 Å². The van der Waals surface area contributed by atoms with Gasteiger partial charge < -0.3 is 20.7 Å². The van der Waals surface area contributed by atoms with Crippen molar-refractivity contribution in [2.75, 3.05) is 19.8 Å². The van der Waals surface area contributed by atoms with E-state index in [1.807, 2.05) is 0 Å². The standard InChI is InChI=1S/C22H26F3NO4.ClH/c1-15(29)18-5-2-16(3-6-18)9-11-30-20-7-4-17(12-19(20)22(23,24)25)8-10-21(26,13-27)14-28;/h2-7,12,27-28H,8-11,13-14,26H2,1H3;1H. The van der Waals surface area contributed by atoms with Crippen molar-refractivity contribution in [1.29, 1.82) is 0 Å². The van der Waals surface area contributed by atoms with Crippen molar-refractivity contribution in [3.8, 4) is 5.75 Å². The molecule has 0 saturated carbocycles. The highest BCUT2D eigenvalue weighted by atomic mass is 35.5. The molecule has 0 aliphatic rings. The van der Waals surface area contributed by atoms with E-state index in [0.29, 0.717) is 17.5 Å². The number of aliphatic hydroxyl groups excluding tert-OH is 2. The van der Waals surface area contributed by atoms with E-state index in [0.717, 1.165) is 11.6 Å². The first-order chi connectivity index (χ1) is 14.1. The predicted octanol–water partition coefficient (Wildman–Crippen LogP) is 3.57. The summed E-state index contributed by atoms with van der Waals surface area (Å²) in [5, 5.41) is 18.4. The summed E-state index contributed by atoms with van der Waals surface area (Å²) in [6.45, 7) is 0.568. The van der Waals surface area contributed by atoms with Crippen molar-refractivity contribution in [3.63, 3.8) is 0 Å². The molecule has 2 rings (SSSR count). The maximum Gasteiger partial charge on any atom is 0.419 e. The zero-order chi connectivity index (χ0) is 22.4. The SMILES string of the molecule is CC(=O)c1ccc(CCOc2ccc(CCC(N)(CO)CO)cc2C(F)(F)F)cc1.Cl. The summed E-state index contributed by atoms with van der Waals surface area (Å²) in [5.41, 5.74) is 5.44. The van der Waals surface area contributed by atoms with Crippen LogP contribution in [0.4, 0.5) is 13.2 Å². The fraction of sp³-hybridized carbons (Fsp3) is 0.409. The lowest BCUT2D eigenvalue weighted by Crippen LogP contribution is -2.47. The van der Waals surface area contributed by atoms with Gasteiger partial charge in [0.15, 0.2) is 5.78 Å². The average Bonchev–Trinajstić information content (AvgIpc) is 2.72. The largest absolute Gasteiger partial charge is 0.493 e. The second-order valence-electron chi connectivity index (χ2n) is 7.36. The van der Waals surface area contributed by atoms with Crippen LogP contribution in [0.2, 0.25) is 0 Å². The Bertz CT molecular complexity index is 853. The molecule has 0 radical (unpaired) electrons. The van der Waals surface area contributed by atoms with Gasteiger partial charge in [0.05, 0.1) is 30.9 Å². The smallest absolute Gasteiger partial charge is 0.419 e. The van der Waals surface area contributed by atoms with Gasteiger partial charge in [-0.1, -0.05) is 30.3 Å². The fourth-order valence-corrected chi connectivity index (χ4v) is 2.87. The zero-order valence-corrected chi connectivity index (χ0v) is 17.9. The average molecular weight is 462 g/mol. The maximum atomic E-state index is 13.5. The van der Waals surface area contributed by atoms with Gasteiger partial charge in [0, 0.05) is 12.0 Å². The van der Waals surface area contributed by atoms with Crippen LogP contribution in [0.5, 0.6) is 5.75 Å². The molecule has 0 amide bonds. The highest BCUT2D eigenvalue weighted by Crippen LogP contribution is 2.37. The Kier molecular flexibility index (Phi) is 9.96. The summed E-state index contributed by atoms with van der Waals surface area (Å²) in [4.78, 5) is 11.3. The molecule has 172 valence electrons. The summed E-state index contributed by atoms with van der Waals surface area (Å²) >= 11 is 0. The number of hydrogen-bond acceptors (Lipinski definition) is 5. The van der Waals surface area contributed by atoms with Crippen molar-refractivity contribution in [3.05, 3.63) is 64.7 Å². The molecular weight excluding hydrogens is 435 g/mol. The zero-order valence-electron chi connectivity index (χ0n) is 17.1. The van der Waals surface area contributed by atoms with Crippen LogP contribution in [0.25, 0.3) is 0 Å². The van der Waals surface area contributed by atoms with Crippen molar-refractivity contribution in [2.24, 2.45) is 5.73 Å². The van der Waals surface area contributed by atoms with Crippen molar-refractivity contribution >= 4 is 18.2 Å².